The lowest BCUT2D eigenvalue weighted by Gasteiger charge is -2.34. The van der Waals surface area contributed by atoms with Crippen molar-refractivity contribution in [3.8, 4) is 0 Å². The summed E-state index contributed by atoms with van der Waals surface area (Å²) in [5, 5.41) is 3.32. The van der Waals surface area contributed by atoms with Crippen LogP contribution in [0.25, 0.3) is 0 Å². The molecule has 0 bridgehead atoms. The molecule has 0 unspecified atom stereocenters. The number of aryl methyl sites for hydroxylation is 1. The average Bonchev–Trinajstić information content (AvgIpc) is 3.11. The number of nitrogens with one attached hydrogen (secondary N) is 1. The first-order chi connectivity index (χ1) is 9.74. The zero-order chi connectivity index (χ0) is 13.9. The molecule has 1 amide bonds. The van der Waals surface area contributed by atoms with Crippen LogP contribution in [0.2, 0.25) is 0 Å². The average molecular weight is 276 g/mol. The van der Waals surface area contributed by atoms with Gasteiger partial charge in [-0.3, -0.25) is 4.79 Å². The minimum atomic E-state index is 0.0712. The van der Waals surface area contributed by atoms with Crippen LogP contribution in [0, 0.1) is 5.92 Å². The summed E-state index contributed by atoms with van der Waals surface area (Å²) in [7, 11) is 2.04. The van der Waals surface area contributed by atoms with Crippen molar-refractivity contribution in [2.45, 2.75) is 38.1 Å². The topological polar surface area (TPSA) is 50.2 Å². The van der Waals surface area contributed by atoms with E-state index in [0.29, 0.717) is 11.8 Å². The largest absolute Gasteiger partial charge is 0.341 e. The van der Waals surface area contributed by atoms with Gasteiger partial charge in [-0.1, -0.05) is 0 Å². The fourth-order valence-corrected chi connectivity index (χ4v) is 3.40. The molecule has 2 aliphatic heterocycles. The second-order valence-corrected chi connectivity index (χ2v) is 6.10. The van der Waals surface area contributed by atoms with E-state index in [1.807, 2.05) is 19.4 Å². The first-order valence-corrected chi connectivity index (χ1v) is 7.72. The van der Waals surface area contributed by atoms with Crippen molar-refractivity contribution < 1.29 is 4.79 Å². The van der Waals surface area contributed by atoms with Crippen LogP contribution in [-0.4, -0.2) is 46.0 Å². The van der Waals surface area contributed by atoms with Crippen molar-refractivity contribution in [2.24, 2.45) is 13.0 Å². The summed E-state index contributed by atoms with van der Waals surface area (Å²) in [4.78, 5) is 18.9. The van der Waals surface area contributed by atoms with Crippen molar-refractivity contribution >= 4 is 5.91 Å². The SMILES string of the molecule is Cn1ccnc1C[C@H]1CCCN(C(=O)[C@@H]2CCCN2)C1. The van der Waals surface area contributed by atoms with Gasteiger partial charge in [-0.15, -0.1) is 0 Å². The number of aromatic nitrogens is 2. The fourth-order valence-electron chi connectivity index (χ4n) is 3.40. The summed E-state index contributed by atoms with van der Waals surface area (Å²) in [6, 6.07) is 0.0712. The van der Waals surface area contributed by atoms with Gasteiger partial charge in [0.25, 0.3) is 0 Å². The summed E-state index contributed by atoms with van der Waals surface area (Å²) < 4.78 is 2.08. The predicted molar refractivity (Wildman–Crippen MR) is 77.2 cm³/mol. The molecule has 0 aliphatic carbocycles. The quantitative estimate of drug-likeness (QED) is 0.894. The van der Waals surface area contributed by atoms with E-state index in [4.69, 9.17) is 0 Å². The number of rotatable bonds is 3. The molecule has 2 atom stereocenters. The zero-order valence-electron chi connectivity index (χ0n) is 12.2. The molecule has 0 radical (unpaired) electrons. The van der Waals surface area contributed by atoms with Crippen LogP contribution in [0.4, 0.5) is 0 Å². The van der Waals surface area contributed by atoms with Crippen LogP contribution in [0.3, 0.4) is 0 Å². The fraction of sp³-hybridized carbons (Fsp3) is 0.733. The Hall–Kier alpha value is -1.36. The van der Waals surface area contributed by atoms with Gasteiger partial charge in [0, 0.05) is 39.0 Å². The Morgan fingerprint density at radius 1 is 1.45 bits per heavy atom. The van der Waals surface area contributed by atoms with E-state index >= 15 is 0 Å². The lowest BCUT2D eigenvalue weighted by Crippen LogP contribution is -2.48. The van der Waals surface area contributed by atoms with Crippen LogP contribution in [-0.2, 0) is 18.3 Å². The maximum absolute atomic E-state index is 12.5. The third-order valence-corrected chi connectivity index (χ3v) is 4.58. The molecule has 0 saturated carbocycles. The second kappa shape index (κ2) is 5.95. The molecule has 2 fully saturated rings. The number of nitrogens with zero attached hydrogens (tertiary/aromatic N) is 3. The number of piperidine rings is 1. The first-order valence-electron chi connectivity index (χ1n) is 7.72. The van der Waals surface area contributed by atoms with Crippen LogP contribution < -0.4 is 5.32 Å². The molecular weight excluding hydrogens is 252 g/mol. The normalized spacial score (nSPS) is 26.9. The van der Waals surface area contributed by atoms with Crippen LogP contribution in [0.15, 0.2) is 12.4 Å². The minimum Gasteiger partial charge on any atom is -0.341 e. The molecule has 5 nitrogen and oxygen atoms in total. The number of amides is 1. The van der Waals surface area contributed by atoms with Crippen LogP contribution in [0.1, 0.15) is 31.5 Å². The number of imidazole rings is 1. The molecule has 5 heteroatoms. The Kier molecular flexibility index (Phi) is 4.05. The van der Waals surface area contributed by atoms with E-state index in [2.05, 4.69) is 19.8 Å². The number of likely N-dealkylation sites (tertiary alicyclic amines) is 1. The van der Waals surface area contributed by atoms with Gasteiger partial charge >= 0.3 is 0 Å². The van der Waals surface area contributed by atoms with Crippen molar-refractivity contribution in [1.29, 1.82) is 0 Å². The molecule has 110 valence electrons. The Labute approximate surface area is 120 Å². The van der Waals surface area contributed by atoms with E-state index in [0.717, 1.165) is 51.1 Å². The van der Waals surface area contributed by atoms with Crippen molar-refractivity contribution in [2.75, 3.05) is 19.6 Å². The molecule has 3 rings (SSSR count). The molecular formula is C15H24N4O. The molecule has 20 heavy (non-hydrogen) atoms. The van der Waals surface area contributed by atoms with Crippen LogP contribution >= 0.6 is 0 Å². The van der Waals surface area contributed by atoms with Gasteiger partial charge in [-0.2, -0.15) is 0 Å². The third-order valence-electron chi connectivity index (χ3n) is 4.58. The lowest BCUT2D eigenvalue weighted by atomic mass is 9.94. The predicted octanol–water partition coefficient (Wildman–Crippen LogP) is 0.953. The van der Waals surface area contributed by atoms with E-state index in [1.165, 1.54) is 6.42 Å². The highest BCUT2D eigenvalue weighted by atomic mass is 16.2. The number of carbonyl (C=O) groups excluding carboxylic acids is 1. The van der Waals surface area contributed by atoms with Gasteiger partial charge in [-0.05, 0) is 38.1 Å². The highest BCUT2D eigenvalue weighted by Gasteiger charge is 2.30. The number of carbonyl (C=O) groups is 1. The van der Waals surface area contributed by atoms with E-state index in [1.54, 1.807) is 0 Å². The van der Waals surface area contributed by atoms with Crippen molar-refractivity contribution in [3.05, 3.63) is 18.2 Å². The van der Waals surface area contributed by atoms with Gasteiger partial charge in [0.2, 0.25) is 5.91 Å². The van der Waals surface area contributed by atoms with E-state index < -0.39 is 0 Å². The highest BCUT2D eigenvalue weighted by molar-refractivity contribution is 5.82. The molecule has 1 aromatic rings. The molecule has 0 spiro atoms. The monoisotopic (exact) mass is 276 g/mol. The van der Waals surface area contributed by atoms with Gasteiger partial charge in [-0.25, -0.2) is 4.98 Å². The Morgan fingerprint density at radius 3 is 3.05 bits per heavy atom. The Balaban J connectivity index is 1.58. The smallest absolute Gasteiger partial charge is 0.239 e. The lowest BCUT2D eigenvalue weighted by molar-refractivity contribution is -0.134. The maximum Gasteiger partial charge on any atom is 0.239 e. The molecule has 2 saturated heterocycles. The van der Waals surface area contributed by atoms with Gasteiger partial charge in [0.05, 0.1) is 6.04 Å². The molecule has 3 heterocycles. The van der Waals surface area contributed by atoms with E-state index in [-0.39, 0.29) is 6.04 Å². The molecule has 1 N–H and O–H groups in total. The number of hydrogen-bond donors (Lipinski definition) is 1. The maximum atomic E-state index is 12.5. The van der Waals surface area contributed by atoms with Crippen LogP contribution in [0.5, 0.6) is 0 Å². The number of hydrogen-bond acceptors (Lipinski definition) is 3. The van der Waals surface area contributed by atoms with Gasteiger partial charge < -0.3 is 14.8 Å². The van der Waals surface area contributed by atoms with Crippen molar-refractivity contribution in [1.82, 2.24) is 19.8 Å². The minimum absolute atomic E-state index is 0.0712. The molecule has 0 aromatic carbocycles. The summed E-state index contributed by atoms with van der Waals surface area (Å²) in [5.41, 5.74) is 0. The highest BCUT2D eigenvalue weighted by Crippen LogP contribution is 2.21. The third kappa shape index (κ3) is 2.87. The second-order valence-electron chi connectivity index (χ2n) is 6.10. The van der Waals surface area contributed by atoms with Crippen molar-refractivity contribution in [3.63, 3.8) is 0 Å². The van der Waals surface area contributed by atoms with E-state index in [9.17, 15) is 4.79 Å². The summed E-state index contributed by atoms with van der Waals surface area (Å²) in [5.74, 6) is 1.99. The summed E-state index contributed by atoms with van der Waals surface area (Å²) in [6.45, 7) is 2.80. The summed E-state index contributed by atoms with van der Waals surface area (Å²) in [6.07, 6.45) is 9.26. The zero-order valence-corrected chi connectivity index (χ0v) is 12.2. The molecule has 2 aliphatic rings. The Morgan fingerprint density at radius 2 is 2.35 bits per heavy atom. The standard InChI is InChI=1S/C15H24N4O/c1-18-9-7-17-14(18)10-12-4-3-8-19(11-12)15(20)13-5-2-6-16-13/h7,9,12-13,16H,2-6,8,10-11H2,1H3/t12-,13+/m1/s1. The first kappa shape index (κ1) is 13.6. The van der Waals surface area contributed by atoms with Gasteiger partial charge in [0.1, 0.15) is 5.82 Å². The van der Waals surface area contributed by atoms with Gasteiger partial charge in [0.15, 0.2) is 0 Å². The summed E-state index contributed by atoms with van der Waals surface area (Å²) >= 11 is 0. The Bertz CT molecular complexity index is 464. The molecule has 1 aromatic heterocycles.